The first kappa shape index (κ1) is 14.0. The van der Waals surface area contributed by atoms with Crippen LogP contribution in [-0.4, -0.2) is 36.6 Å². The van der Waals surface area contributed by atoms with Gasteiger partial charge in [0.15, 0.2) is 0 Å². The van der Waals surface area contributed by atoms with Crippen LogP contribution in [-0.2, 0) is 13.0 Å². The third-order valence-corrected chi connectivity index (χ3v) is 4.45. The molecule has 0 radical (unpaired) electrons. The molecule has 4 heteroatoms. The van der Waals surface area contributed by atoms with E-state index in [-0.39, 0.29) is 0 Å². The van der Waals surface area contributed by atoms with Crippen molar-refractivity contribution < 1.29 is 0 Å². The summed E-state index contributed by atoms with van der Waals surface area (Å²) in [6.07, 6.45) is 3.84. The van der Waals surface area contributed by atoms with Crippen LogP contribution < -0.4 is 5.32 Å². The Morgan fingerprint density at radius 2 is 2.22 bits per heavy atom. The van der Waals surface area contributed by atoms with Crippen molar-refractivity contribution in [1.82, 2.24) is 15.2 Å². The molecule has 3 nitrogen and oxygen atoms in total. The van der Waals surface area contributed by atoms with E-state index in [0.29, 0.717) is 12.0 Å². The summed E-state index contributed by atoms with van der Waals surface area (Å²) in [7, 11) is 4.22. The van der Waals surface area contributed by atoms with Gasteiger partial charge < -0.3 is 10.2 Å². The summed E-state index contributed by atoms with van der Waals surface area (Å²) in [5.41, 5.74) is 1.39. The molecule has 0 amide bonds. The van der Waals surface area contributed by atoms with Crippen molar-refractivity contribution in [2.24, 2.45) is 0 Å². The molecule has 1 aliphatic carbocycles. The second kappa shape index (κ2) is 6.13. The van der Waals surface area contributed by atoms with Crippen molar-refractivity contribution in [3.63, 3.8) is 0 Å². The second-order valence-electron chi connectivity index (χ2n) is 5.81. The van der Waals surface area contributed by atoms with Gasteiger partial charge >= 0.3 is 0 Å². The lowest BCUT2D eigenvalue weighted by molar-refractivity contribution is 0.400. The predicted molar refractivity (Wildman–Crippen MR) is 78.3 cm³/mol. The maximum Gasteiger partial charge on any atom is 0.107 e. The average molecular weight is 267 g/mol. The highest BCUT2D eigenvalue weighted by Crippen LogP contribution is 2.34. The van der Waals surface area contributed by atoms with E-state index in [1.807, 2.05) is 11.3 Å². The fourth-order valence-electron chi connectivity index (χ4n) is 2.47. The fraction of sp³-hybridized carbons (Fsp3) is 0.786. The van der Waals surface area contributed by atoms with E-state index >= 15 is 0 Å². The van der Waals surface area contributed by atoms with Gasteiger partial charge in [-0.25, -0.2) is 4.98 Å². The Kier molecular flexibility index (Phi) is 4.76. The van der Waals surface area contributed by atoms with Crippen LogP contribution in [0.2, 0.25) is 0 Å². The van der Waals surface area contributed by atoms with Crippen LogP contribution in [0.5, 0.6) is 0 Å². The van der Waals surface area contributed by atoms with Crippen molar-refractivity contribution >= 4 is 11.3 Å². The fourth-order valence-corrected chi connectivity index (χ4v) is 3.79. The van der Waals surface area contributed by atoms with Gasteiger partial charge in [0.2, 0.25) is 0 Å². The largest absolute Gasteiger partial charge is 0.314 e. The normalized spacial score (nSPS) is 19.6. The molecule has 0 spiro atoms. The van der Waals surface area contributed by atoms with E-state index in [1.165, 1.54) is 34.8 Å². The van der Waals surface area contributed by atoms with Crippen molar-refractivity contribution in [3.05, 3.63) is 15.6 Å². The Hall–Kier alpha value is -0.450. The summed E-state index contributed by atoms with van der Waals surface area (Å²) >= 11 is 1.92. The highest BCUT2D eigenvalue weighted by atomic mass is 32.1. The van der Waals surface area contributed by atoms with Crippen LogP contribution in [0.4, 0.5) is 0 Å². The summed E-state index contributed by atoms with van der Waals surface area (Å²) in [6, 6.07) is 0.565. The van der Waals surface area contributed by atoms with Gasteiger partial charge in [-0.3, -0.25) is 0 Å². The zero-order chi connectivity index (χ0) is 13.1. The first-order chi connectivity index (χ1) is 8.56. The number of nitrogens with zero attached hydrogens (tertiary/aromatic N) is 2. The molecular formula is C14H25N3S. The molecule has 1 heterocycles. The third kappa shape index (κ3) is 3.53. The van der Waals surface area contributed by atoms with Crippen LogP contribution in [0.25, 0.3) is 0 Å². The summed E-state index contributed by atoms with van der Waals surface area (Å²) in [5.74, 6) is 0.628. The molecule has 1 aromatic rings. The monoisotopic (exact) mass is 267 g/mol. The molecule has 0 saturated heterocycles. The maximum atomic E-state index is 4.89. The van der Waals surface area contributed by atoms with Gasteiger partial charge in [-0.15, -0.1) is 11.3 Å². The number of hydrogen-bond donors (Lipinski definition) is 1. The number of hydrogen-bond acceptors (Lipinski definition) is 4. The Balaban J connectivity index is 2.08. The van der Waals surface area contributed by atoms with Gasteiger partial charge in [0.05, 0.1) is 5.69 Å². The van der Waals surface area contributed by atoms with E-state index in [4.69, 9.17) is 4.98 Å². The summed E-state index contributed by atoms with van der Waals surface area (Å²) in [6.45, 7) is 6.47. The highest BCUT2D eigenvalue weighted by Gasteiger charge is 2.24. The van der Waals surface area contributed by atoms with Crippen LogP contribution in [0.3, 0.4) is 0 Å². The zero-order valence-electron chi connectivity index (χ0n) is 12.0. The molecule has 0 saturated carbocycles. The van der Waals surface area contributed by atoms with E-state index in [2.05, 4.69) is 38.2 Å². The topological polar surface area (TPSA) is 28.2 Å². The standard InChI is InChI=1S/C14H25N3S/c1-10(2)15-8-11-6-5-7-12-14(11)16-13(18-12)9-17(3)4/h10-11,15H,5-9H2,1-4H3. The van der Waals surface area contributed by atoms with Gasteiger partial charge in [0.25, 0.3) is 0 Å². The van der Waals surface area contributed by atoms with Crippen molar-refractivity contribution in [2.75, 3.05) is 20.6 Å². The van der Waals surface area contributed by atoms with Gasteiger partial charge in [-0.1, -0.05) is 13.8 Å². The summed E-state index contributed by atoms with van der Waals surface area (Å²) < 4.78 is 0. The molecule has 1 unspecified atom stereocenters. The predicted octanol–water partition coefficient (Wildman–Crippen LogP) is 2.62. The van der Waals surface area contributed by atoms with E-state index < -0.39 is 0 Å². The van der Waals surface area contributed by atoms with E-state index in [0.717, 1.165) is 13.1 Å². The molecule has 1 N–H and O–H groups in total. The number of aromatic nitrogens is 1. The SMILES string of the molecule is CC(C)NCC1CCCc2sc(CN(C)C)nc21. The van der Waals surface area contributed by atoms with Crippen LogP contribution in [0.1, 0.15) is 48.2 Å². The molecule has 2 rings (SSSR count). The molecule has 0 fully saturated rings. The lowest BCUT2D eigenvalue weighted by Gasteiger charge is -2.22. The molecule has 0 aliphatic heterocycles. The molecule has 0 bridgehead atoms. The van der Waals surface area contributed by atoms with Gasteiger partial charge in [-0.2, -0.15) is 0 Å². The average Bonchev–Trinajstić information content (AvgIpc) is 2.67. The quantitative estimate of drug-likeness (QED) is 0.889. The molecule has 1 aromatic heterocycles. The van der Waals surface area contributed by atoms with Crippen LogP contribution in [0.15, 0.2) is 0 Å². The third-order valence-electron chi connectivity index (χ3n) is 3.34. The first-order valence-electron chi connectivity index (χ1n) is 6.93. The number of nitrogens with one attached hydrogen (secondary N) is 1. The molecular weight excluding hydrogens is 242 g/mol. The van der Waals surface area contributed by atoms with Gasteiger partial charge in [0.1, 0.15) is 5.01 Å². The van der Waals surface area contributed by atoms with Gasteiger partial charge in [-0.05, 0) is 33.4 Å². The molecule has 0 aromatic carbocycles. The van der Waals surface area contributed by atoms with E-state index in [1.54, 1.807) is 0 Å². The number of thiazole rings is 1. The Labute approximate surface area is 115 Å². The number of aryl methyl sites for hydroxylation is 1. The molecule has 1 atom stereocenters. The Bertz CT molecular complexity index is 384. The maximum absolute atomic E-state index is 4.89. The summed E-state index contributed by atoms with van der Waals surface area (Å²) in [5, 5.41) is 4.84. The van der Waals surface area contributed by atoms with Crippen molar-refractivity contribution in [2.45, 2.75) is 51.6 Å². The molecule has 102 valence electrons. The minimum Gasteiger partial charge on any atom is -0.314 e. The van der Waals surface area contributed by atoms with Crippen LogP contribution >= 0.6 is 11.3 Å². The number of fused-ring (bicyclic) bond motifs is 1. The van der Waals surface area contributed by atoms with Crippen LogP contribution in [0, 0.1) is 0 Å². The smallest absolute Gasteiger partial charge is 0.107 e. The van der Waals surface area contributed by atoms with E-state index in [9.17, 15) is 0 Å². The molecule has 1 aliphatic rings. The minimum absolute atomic E-state index is 0.565. The zero-order valence-corrected chi connectivity index (χ0v) is 12.8. The van der Waals surface area contributed by atoms with Crippen molar-refractivity contribution in [1.29, 1.82) is 0 Å². The lowest BCUT2D eigenvalue weighted by atomic mass is 9.91. The second-order valence-corrected chi connectivity index (χ2v) is 6.97. The Morgan fingerprint density at radius 1 is 1.44 bits per heavy atom. The number of rotatable bonds is 5. The minimum atomic E-state index is 0.565. The van der Waals surface area contributed by atoms with Crippen molar-refractivity contribution in [3.8, 4) is 0 Å². The summed E-state index contributed by atoms with van der Waals surface area (Å²) in [4.78, 5) is 8.62. The Morgan fingerprint density at radius 3 is 2.89 bits per heavy atom. The first-order valence-corrected chi connectivity index (χ1v) is 7.74. The highest BCUT2D eigenvalue weighted by molar-refractivity contribution is 7.11. The molecule has 18 heavy (non-hydrogen) atoms. The lowest BCUT2D eigenvalue weighted by Crippen LogP contribution is -2.29. The van der Waals surface area contributed by atoms with Gasteiger partial charge in [0, 0.05) is 29.9 Å².